The van der Waals surface area contributed by atoms with Crippen LogP contribution in [0, 0.1) is 5.92 Å². The van der Waals surface area contributed by atoms with Crippen LogP contribution in [0.3, 0.4) is 0 Å². The van der Waals surface area contributed by atoms with E-state index in [1.54, 1.807) is 4.68 Å². The van der Waals surface area contributed by atoms with Crippen LogP contribution in [0.2, 0.25) is 0 Å². The zero-order chi connectivity index (χ0) is 16.4. The van der Waals surface area contributed by atoms with Crippen molar-refractivity contribution >= 4 is 0 Å². The van der Waals surface area contributed by atoms with Crippen molar-refractivity contribution in [3.05, 3.63) is 27.7 Å². The fraction of sp³-hybridized carbons (Fsp3) is 0.789. The molecule has 1 aromatic rings. The fourth-order valence-corrected chi connectivity index (χ4v) is 4.59. The summed E-state index contributed by atoms with van der Waals surface area (Å²) in [6, 6.07) is 1.81. The summed E-state index contributed by atoms with van der Waals surface area (Å²) in [7, 11) is 0. The van der Waals surface area contributed by atoms with Gasteiger partial charge in [-0.05, 0) is 43.6 Å². The summed E-state index contributed by atoms with van der Waals surface area (Å²) in [5.41, 5.74) is 2.41. The van der Waals surface area contributed by atoms with Crippen LogP contribution >= 0.6 is 0 Å². The molecule has 5 nitrogen and oxygen atoms in total. The first-order valence-electron chi connectivity index (χ1n) is 9.82. The second-order valence-corrected chi connectivity index (χ2v) is 7.82. The Morgan fingerprint density at radius 1 is 0.958 bits per heavy atom. The molecule has 2 fully saturated rings. The van der Waals surface area contributed by atoms with Crippen molar-refractivity contribution in [1.82, 2.24) is 19.6 Å². The fourth-order valence-electron chi connectivity index (χ4n) is 4.59. The van der Waals surface area contributed by atoms with Crippen molar-refractivity contribution in [2.75, 3.05) is 39.3 Å². The van der Waals surface area contributed by atoms with E-state index in [9.17, 15) is 4.79 Å². The summed E-state index contributed by atoms with van der Waals surface area (Å²) in [4.78, 5) is 17.3. The topological polar surface area (TPSA) is 41.4 Å². The Labute approximate surface area is 144 Å². The predicted molar refractivity (Wildman–Crippen MR) is 95.4 cm³/mol. The molecule has 0 atom stereocenters. The summed E-state index contributed by atoms with van der Waals surface area (Å²) in [6.45, 7) is 7.61. The van der Waals surface area contributed by atoms with Gasteiger partial charge in [0, 0.05) is 45.3 Å². The first-order valence-corrected chi connectivity index (χ1v) is 9.82. The van der Waals surface area contributed by atoms with Gasteiger partial charge in [0.1, 0.15) is 0 Å². The molecule has 2 aliphatic carbocycles. The molecule has 5 heteroatoms. The molecule has 1 saturated carbocycles. The lowest BCUT2D eigenvalue weighted by atomic mass is 10.1. The molecule has 1 saturated heterocycles. The molecule has 0 aromatic carbocycles. The van der Waals surface area contributed by atoms with Crippen LogP contribution in [-0.2, 0) is 19.4 Å². The van der Waals surface area contributed by atoms with Crippen molar-refractivity contribution in [2.45, 2.75) is 51.5 Å². The third-order valence-electron chi connectivity index (χ3n) is 6.11. The number of piperazine rings is 1. The molecule has 1 aromatic heterocycles. The molecular weight excluding hydrogens is 300 g/mol. The molecule has 24 heavy (non-hydrogen) atoms. The summed E-state index contributed by atoms with van der Waals surface area (Å²) < 4.78 is 1.69. The summed E-state index contributed by atoms with van der Waals surface area (Å²) in [5.74, 6) is 0.950. The van der Waals surface area contributed by atoms with Crippen LogP contribution in [0.25, 0.3) is 0 Å². The second-order valence-electron chi connectivity index (χ2n) is 7.82. The highest BCUT2D eigenvalue weighted by atomic mass is 16.1. The van der Waals surface area contributed by atoms with Gasteiger partial charge in [0.2, 0.25) is 0 Å². The maximum absolute atomic E-state index is 12.2. The Kier molecular flexibility index (Phi) is 4.99. The Bertz CT molecular complexity index is 612. The van der Waals surface area contributed by atoms with Crippen molar-refractivity contribution in [2.24, 2.45) is 5.92 Å². The van der Waals surface area contributed by atoms with Gasteiger partial charge in [-0.15, -0.1) is 0 Å². The molecule has 3 aliphatic rings. The second kappa shape index (κ2) is 7.36. The lowest BCUT2D eigenvalue weighted by molar-refractivity contribution is 0.114. The van der Waals surface area contributed by atoms with Gasteiger partial charge in [0.25, 0.3) is 5.56 Å². The molecule has 4 rings (SSSR count). The highest BCUT2D eigenvalue weighted by Crippen LogP contribution is 2.25. The Balaban J connectivity index is 1.25. The normalized spacial score (nSPS) is 23.0. The van der Waals surface area contributed by atoms with Crippen LogP contribution in [0.1, 0.15) is 43.4 Å². The standard InChI is InChI=1S/C19H30N4O/c24-19-14-17-6-3-7-18(17)20-23(19)13-12-21-8-10-22(11-9-21)15-16-4-1-2-5-16/h14,16H,1-13,15H2. The largest absolute Gasteiger partial charge is 0.301 e. The van der Waals surface area contributed by atoms with E-state index in [1.165, 1.54) is 50.9 Å². The van der Waals surface area contributed by atoms with Gasteiger partial charge in [-0.3, -0.25) is 9.69 Å². The Hall–Kier alpha value is -1.20. The first kappa shape index (κ1) is 16.3. The quantitative estimate of drug-likeness (QED) is 0.821. The minimum atomic E-state index is 0.0792. The van der Waals surface area contributed by atoms with Crippen molar-refractivity contribution in [3.8, 4) is 0 Å². The highest BCUT2D eigenvalue weighted by Gasteiger charge is 2.22. The average molecular weight is 330 g/mol. The lowest BCUT2D eigenvalue weighted by Gasteiger charge is -2.35. The number of fused-ring (bicyclic) bond motifs is 1. The van der Waals surface area contributed by atoms with E-state index in [0.29, 0.717) is 0 Å². The minimum Gasteiger partial charge on any atom is -0.301 e. The monoisotopic (exact) mass is 330 g/mol. The highest BCUT2D eigenvalue weighted by molar-refractivity contribution is 5.22. The molecule has 1 aliphatic heterocycles. The van der Waals surface area contributed by atoms with E-state index in [4.69, 9.17) is 0 Å². The van der Waals surface area contributed by atoms with E-state index in [0.717, 1.165) is 57.1 Å². The Morgan fingerprint density at radius 2 is 1.71 bits per heavy atom. The zero-order valence-electron chi connectivity index (χ0n) is 14.8. The molecule has 2 heterocycles. The number of hydrogen-bond acceptors (Lipinski definition) is 4. The number of hydrogen-bond donors (Lipinski definition) is 0. The Morgan fingerprint density at radius 3 is 2.50 bits per heavy atom. The summed E-state index contributed by atoms with van der Waals surface area (Å²) >= 11 is 0. The lowest BCUT2D eigenvalue weighted by Crippen LogP contribution is -2.48. The third kappa shape index (κ3) is 3.72. The van der Waals surface area contributed by atoms with E-state index >= 15 is 0 Å². The molecule has 0 spiro atoms. The molecule has 0 radical (unpaired) electrons. The van der Waals surface area contributed by atoms with E-state index in [2.05, 4.69) is 14.9 Å². The summed E-state index contributed by atoms with van der Waals surface area (Å²) in [6.07, 6.45) is 8.96. The van der Waals surface area contributed by atoms with Gasteiger partial charge in [0.15, 0.2) is 0 Å². The smallest absolute Gasteiger partial charge is 0.267 e. The van der Waals surface area contributed by atoms with Crippen LogP contribution in [0.4, 0.5) is 0 Å². The molecule has 0 unspecified atom stereocenters. The molecular formula is C19H30N4O. The van der Waals surface area contributed by atoms with E-state index < -0.39 is 0 Å². The number of nitrogens with zero attached hydrogens (tertiary/aromatic N) is 4. The molecule has 0 N–H and O–H groups in total. The minimum absolute atomic E-state index is 0.0792. The number of rotatable bonds is 5. The third-order valence-corrected chi connectivity index (χ3v) is 6.11. The first-order chi connectivity index (χ1) is 11.8. The molecule has 0 bridgehead atoms. The van der Waals surface area contributed by atoms with Gasteiger partial charge < -0.3 is 4.90 Å². The van der Waals surface area contributed by atoms with Gasteiger partial charge >= 0.3 is 0 Å². The van der Waals surface area contributed by atoms with Gasteiger partial charge in [-0.25, -0.2) is 4.68 Å². The van der Waals surface area contributed by atoms with Crippen LogP contribution in [-0.4, -0.2) is 58.8 Å². The van der Waals surface area contributed by atoms with Crippen LogP contribution < -0.4 is 5.56 Å². The maximum atomic E-state index is 12.2. The van der Waals surface area contributed by atoms with Gasteiger partial charge in [-0.2, -0.15) is 5.10 Å². The van der Waals surface area contributed by atoms with Crippen LogP contribution in [0.5, 0.6) is 0 Å². The van der Waals surface area contributed by atoms with Crippen LogP contribution in [0.15, 0.2) is 10.9 Å². The maximum Gasteiger partial charge on any atom is 0.267 e. The van der Waals surface area contributed by atoms with Crippen molar-refractivity contribution < 1.29 is 0 Å². The van der Waals surface area contributed by atoms with Gasteiger partial charge in [0.05, 0.1) is 12.2 Å². The number of aromatic nitrogens is 2. The average Bonchev–Trinajstić information content (AvgIpc) is 3.25. The molecule has 0 amide bonds. The zero-order valence-corrected chi connectivity index (χ0v) is 14.8. The number of aryl methyl sites for hydroxylation is 2. The van der Waals surface area contributed by atoms with Gasteiger partial charge in [-0.1, -0.05) is 12.8 Å². The van der Waals surface area contributed by atoms with E-state index in [1.807, 2.05) is 6.07 Å². The SMILES string of the molecule is O=c1cc2c(nn1CCN1CCN(CC3CCCC3)CC1)CCC2. The van der Waals surface area contributed by atoms with E-state index in [-0.39, 0.29) is 5.56 Å². The molecule has 132 valence electrons. The van der Waals surface area contributed by atoms with Crippen molar-refractivity contribution in [3.63, 3.8) is 0 Å². The van der Waals surface area contributed by atoms with Crippen molar-refractivity contribution in [1.29, 1.82) is 0 Å². The summed E-state index contributed by atoms with van der Waals surface area (Å²) in [5, 5.41) is 4.59. The predicted octanol–water partition coefficient (Wildman–Crippen LogP) is 1.54.